The Hall–Kier alpha value is -1.71. The Bertz CT molecular complexity index is 416. The lowest BCUT2D eigenvalue weighted by atomic mass is 10.1. The van der Waals surface area contributed by atoms with Gasteiger partial charge in [0.05, 0.1) is 12.7 Å². The fourth-order valence-electron chi connectivity index (χ4n) is 1.83. The van der Waals surface area contributed by atoms with Crippen molar-refractivity contribution in [3.8, 4) is 5.75 Å². The van der Waals surface area contributed by atoms with E-state index < -0.39 is 0 Å². The van der Waals surface area contributed by atoms with Gasteiger partial charge in [0, 0.05) is 24.8 Å². The van der Waals surface area contributed by atoms with E-state index in [4.69, 9.17) is 10.5 Å². The maximum Gasteiger partial charge on any atom is 0.255 e. The van der Waals surface area contributed by atoms with E-state index in [1.54, 1.807) is 25.3 Å². The van der Waals surface area contributed by atoms with E-state index in [0.29, 0.717) is 29.5 Å². The van der Waals surface area contributed by atoms with Gasteiger partial charge < -0.3 is 15.4 Å². The summed E-state index contributed by atoms with van der Waals surface area (Å²) < 4.78 is 5.08. The first-order valence-electron chi connectivity index (χ1n) is 6.22. The van der Waals surface area contributed by atoms with E-state index in [0.717, 1.165) is 6.54 Å². The highest BCUT2D eigenvalue weighted by atomic mass is 16.5. The van der Waals surface area contributed by atoms with Gasteiger partial charge >= 0.3 is 0 Å². The van der Waals surface area contributed by atoms with Crippen molar-refractivity contribution >= 4 is 11.6 Å². The van der Waals surface area contributed by atoms with Crippen LogP contribution in [0.1, 0.15) is 31.1 Å². The lowest BCUT2D eigenvalue weighted by Gasteiger charge is -2.23. The van der Waals surface area contributed by atoms with E-state index >= 15 is 0 Å². The van der Waals surface area contributed by atoms with Crippen LogP contribution in [0.5, 0.6) is 5.75 Å². The van der Waals surface area contributed by atoms with Crippen LogP contribution in [0.25, 0.3) is 0 Å². The van der Waals surface area contributed by atoms with Crippen molar-refractivity contribution in [2.45, 2.75) is 20.8 Å². The van der Waals surface area contributed by atoms with Crippen LogP contribution in [0, 0.1) is 5.92 Å². The number of methoxy groups -OCH3 is 1. The van der Waals surface area contributed by atoms with Gasteiger partial charge in [-0.2, -0.15) is 0 Å². The summed E-state index contributed by atoms with van der Waals surface area (Å²) in [5, 5.41) is 0. The molecule has 0 aliphatic heterocycles. The van der Waals surface area contributed by atoms with Gasteiger partial charge in [0.2, 0.25) is 0 Å². The number of hydrogen-bond acceptors (Lipinski definition) is 3. The van der Waals surface area contributed by atoms with E-state index in [1.165, 1.54) is 0 Å². The summed E-state index contributed by atoms with van der Waals surface area (Å²) >= 11 is 0. The quantitative estimate of drug-likeness (QED) is 0.816. The minimum absolute atomic E-state index is 0.0219. The molecule has 0 saturated carbocycles. The second kappa shape index (κ2) is 6.28. The number of nitrogens with zero attached hydrogens (tertiary/aromatic N) is 1. The number of nitrogens with two attached hydrogens (primary N) is 1. The fourth-order valence-corrected chi connectivity index (χ4v) is 1.83. The summed E-state index contributed by atoms with van der Waals surface area (Å²) in [4.78, 5) is 14.1. The van der Waals surface area contributed by atoms with Gasteiger partial charge in [-0.05, 0) is 25.0 Å². The predicted molar refractivity (Wildman–Crippen MR) is 73.8 cm³/mol. The number of carbonyl (C=O) groups is 1. The molecule has 1 rings (SSSR count). The third-order valence-corrected chi connectivity index (χ3v) is 2.74. The smallest absolute Gasteiger partial charge is 0.255 e. The molecule has 0 spiro atoms. The number of benzene rings is 1. The Morgan fingerprint density at radius 2 is 2.11 bits per heavy atom. The first-order chi connectivity index (χ1) is 8.49. The van der Waals surface area contributed by atoms with Gasteiger partial charge in [0.15, 0.2) is 0 Å². The zero-order chi connectivity index (χ0) is 13.7. The predicted octanol–water partition coefficient (Wildman–Crippen LogP) is 2.40. The largest absolute Gasteiger partial charge is 0.497 e. The first-order valence-corrected chi connectivity index (χ1v) is 6.22. The molecule has 0 atom stereocenters. The normalized spacial score (nSPS) is 10.5. The number of rotatable bonds is 5. The van der Waals surface area contributed by atoms with Crippen molar-refractivity contribution in [1.82, 2.24) is 4.90 Å². The molecule has 0 heterocycles. The van der Waals surface area contributed by atoms with E-state index in [2.05, 4.69) is 13.8 Å². The van der Waals surface area contributed by atoms with Crippen LogP contribution in [-0.4, -0.2) is 31.0 Å². The minimum Gasteiger partial charge on any atom is -0.497 e. The average molecular weight is 250 g/mol. The van der Waals surface area contributed by atoms with Crippen molar-refractivity contribution in [3.63, 3.8) is 0 Å². The molecule has 4 heteroatoms. The molecule has 0 unspecified atom stereocenters. The van der Waals surface area contributed by atoms with Crippen LogP contribution in [0.4, 0.5) is 5.69 Å². The molecule has 0 saturated heterocycles. The molecule has 0 aromatic heterocycles. The van der Waals surface area contributed by atoms with Gasteiger partial charge in [-0.1, -0.05) is 13.8 Å². The summed E-state index contributed by atoms with van der Waals surface area (Å²) in [6, 6.07) is 5.16. The monoisotopic (exact) mass is 250 g/mol. The number of ether oxygens (including phenoxy) is 1. The van der Waals surface area contributed by atoms with Crippen LogP contribution in [0.2, 0.25) is 0 Å². The molecule has 4 nitrogen and oxygen atoms in total. The molecule has 1 amide bonds. The van der Waals surface area contributed by atoms with Gasteiger partial charge in [-0.15, -0.1) is 0 Å². The Morgan fingerprint density at radius 1 is 1.44 bits per heavy atom. The fraction of sp³-hybridized carbons (Fsp3) is 0.500. The van der Waals surface area contributed by atoms with E-state index in [9.17, 15) is 4.79 Å². The Balaban J connectivity index is 2.94. The first kappa shape index (κ1) is 14.4. The molecule has 0 aliphatic carbocycles. The highest BCUT2D eigenvalue weighted by Gasteiger charge is 2.17. The van der Waals surface area contributed by atoms with Crippen LogP contribution in [0.3, 0.4) is 0 Å². The molecule has 0 bridgehead atoms. The maximum absolute atomic E-state index is 12.3. The number of hydrogen-bond donors (Lipinski definition) is 1. The van der Waals surface area contributed by atoms with E-state index in [-0.39, 0.29) is 5.91 Å². The van der Waals surface area contributed by atoms with Gasteiger partial charge in [-0.25, -0.2) is 0 Å². The van der Waals surface area contributed by atoms with Gasteiger partial charge in [-0.3, -0.25) is 4.79 Å². The third-order valence-electron chi connectivity index (χ3n) is 2.74. The van der Waals surface area contributed by atoms with Crippen LogP contribution >= 0.6 is 0 Å². The van der Waals surface area contributed by atoms with Crippen LogP contribution in [-0.2, 0) is 0 Å². The van der Waals surface area contributed by atoms with Crippen molar-refractivity contribution in [2.24, 2.45) is 5.92 Å². The van der Waals surface area contributed by atoms with E-state index in [1.807, 2.05) is 11.8 Å². The Kier molecular flexibility index (Phi) is 5.01. The molecule has 100 valence electrons. The average Bonchev–Trinajstić information content (AvgIpc) is 2.34. The number of anilines is 1. The second-order valence-electron chi connectivity index (χ2n) is 4.69. The number of amides is 1. The molecule has 1 aromatic carbocycles. The van der Waals surface area contributed by atoms with Crippen molar-refractivity contribution in [2.75, 3.05) is 25.9 Å². The highest BCUT2D eigenvalue weighted by Crippen LogP contribution is 2.21. The van der Waals surface area contributed by atoms with Crippen LogP contribution in [0.15, 0.2) is 18.2 Å². The molecule has 0 aliphatic rings. The molecule has 0 fully saturated rings. The Labute approximate surface area is 109 Å². The van der Waals surface area contributed by atoms with Crippen molar-refractivity contribution < 1.29 is 9.53 Å². The number of carbonyl (C=O) groups excluding carboxylic acids is 1. The molecular formula is C14H22N2O2. The zero-order valence-corrected chi connectivity index (χ0v) is 11.6. The molecule has 18 heavy (non-hydrogen) atoms. The molecular weight excluding hydrogens is 228 g/mol. The Morgan fingerprint density at radius 3 is 2.56 bits per heavy atom. The standard InChI is InChI=1S/C14H22N2O2/c1-5-16(9-10(2)3)14(17)12-7-6-11(18-4)8-13(12)15/h6-8,10H,5,9,15H2,1-4H3. The lowest BCUT2D eigenvalue weighted by molar-refractivity contribution is 0.0747. The zero-order valence-electron chi connectivity index (χ0n) is 11.6. The summed E-state index contributed by atoms with van der Waals surface area (Å²) in [5.74, 6) is 1.08. The van der Waals surface area contributed by atoms with Gasteiger partial charge in [0.1, 0.15) is 5.75 Å². The second-order valence-corrected chi connectivity index (χ2v) is 4.69. The summed E-state index contributed by atoms with van der Waals surface area (Å²) in [6.45, 7) is 7.57. The number of nitrogen functional groups attached to an aromatic ring is 1. The maximum atomic E-state index is 12.3. The highest BCUT2D eigenvalue weighted by molar-refractivity contribution is 5.99. The third kappa shape index (κ3) is 3.39. The van der Waals surface area contributed by atoms with Crippen LogP contribution < -0.4 is 10.5 Å². The summed E-state index contributed by atoms with van der Waals surface area (Å²) in [7, 11) is 1.58. The van der Waals surface area contributed by atoms with Crippen molar-refractivity contribution in [1.29, 1.82) is 0 Å². The molecule has 0 radical (unpaired) electrons. The van der Waals surface area contributed by atoms with Crippen molar-refractivity contribution in [3.05, 3.63) is 23.8 Å². The summed E-state index contributed by atoms with van der Waals surface area (Å²) in [5.41, 5.74) is 6.89. The molecule has 1 aromatic rings. The molecule has 2 N–H and O–H groups in total. The van der Waals surface area contributed by atoms with Gasteiger partial charge in [0.25, 0.3) is 5.91 Å². The summed E-state index contributed by atoms with van der Waals surface area (Å²) in [6.07, 6.45) is 0. The lowest BCUT2D eigenvalue weighted by Crippen LogP contribution is -2.34. The SMILES string of the molecule is CCN(CC(C)C)C(=O)c1ccc(OC)cc1N. The topological polar surface area (TPSA) is 55.6 Å². The minimum atomic E-state index is -0.0219.